The van der Waals surface area contributed by atoms with Crippen LogP contribution in [-0.4, -0.2) is 30.2 Å². The van der Waals surface area contributed by atoms with Gasteiger partial charge in [0.1, 0.15) is 11.6 Å². The summed E-state index contributed by atoms with van der Waals surface area (Å²) in [5, 5.41) is 19.8. The van der Waals surface area contributed by atoms with Crippen LogP contribution in [0.5, 0.6) is 0 Å². The summed E-state index contributed by atoms with van der Waals surface area (Å²) in [6.45, 7) is 5.90. The molecule has 0 atom stereocenters. The Hall–Kier alpha value is -2.13. The van der Waals surface area contributed by atoms with Gasteiger partial charge in [-0.05, 0) is 26.0 Å². The molecule has 2 rings (SSSR count). The van der Waals surface area contributed by atoms with E-state index < -0.39 is 4.92 Å². The highest BCUT2D eigenvalue weighted by molar-refractivity contribution is 5.60. The van der Waals surface area contributed by atoms with E-state index in [0.29, 0.717) is 19.7 Å². The van der Waals surface area contributed by atoms with Crippen molar-refractivity contribution in [2.45, 2.75) is 19.4 Å². The molecule has 0 saturated carbocycles. The summed E-state index contributed by atoms with van der Waals surface area (Å²) in [7, 11) is 0. The summed E-state index contributed by atoms with van der Waals surface area (Å²) < 4.78 is 5.61. The number of nitro groups is 1. The summed E-state index contributed by atoms with van der Waals surface area (Å²) in [5.74, 6) is 0. The lowest BCUT2D eigenvalue weighted by Gasteiger charge is -2.39. The van der Waals surface area contributed by atoms with Crippen molar-refractivity contribution in [3.8, 4) is 6.07 Å². The Morgan fingerprint density at radius 3 is 2.84 bits per heavy atom. The summed E-state index contributed by atoms with van der Waals surface area (Å²) in [6.07, 6.45) is 0. The summed E-state index contributed by atoms with van der Waals surface area (Å²) in [6, 6.07) is 6.54. The second kappa shape index (κ2) is 4.86. The minimum absolute atomic E-state index is 0.0845. The third-order valence-corrected chi connectivity index (χ3v) is 3.09. The van der Waals surface area contributed by atoms with Crippen molar-refractivity contribution in [3.05, 3.63) is 33.9 Å². The molecular weight excluding hydrogens is 246 g/mol. The lowest BCUT2D eigenvalue weighted by atomic mass is 10.1. The second-order valence-electron chi connectivity index (χ2n) is 5.10. The summed E-state index contributed by atoms with van der Waals surface area (Å²) >= 11 is 0. The quantitative estimate of drug-likeness (QED) is 0.601. The number of hydrogen-bond donors (Lipinski definition) is 0. The van der Waals surface area contributed by atoms with Crippen LogP contribution in [0.3, 0.4) is 0 Å². The predicted octanol–water partition coefficient (Wildman–Crippen LogP) is 2.08. The maximum Gasteiger partial charge on any atom is 0.289 e. The maximum absolute atomic E-state index is 11.0. The Balaban J connectivity index is 2.33. The number of nitriles is 1. The number of nitro benzene ring substituents is 1. The van der Waals surface area contributed by atoms with Crippen LogP contribution in [0.25, 0.3) is 0 Å². The lowest BCUT2D eigenvalue weighted by Crippen LogP contribution is -2.48. The van der Waals surface area contributed by atoms with E-state index in [-0.39, 0.29) is 16.9 Å². The number of rotatable bonds is 2. The average Bonchev–Trinajstić information content (AvgIpc) is 2.36. The van der Waals surface area contributed by atoms with Gasteiger partial charge < -0.3 is 9.64 Å². The first-order valence-electron chi connectivity index (χ1n) is 6.00. The van der Waals surface area contributed by atoms with Crippen LogP contribution >= 0.6 is 0 Å². The van der Waals surface area contributed by atoms with Gasteiger partial charge in [0.15, 0.2) is 0 Å². The van der Waals surface area contributed by atoms with Crippen LogP contribution in [0, 0.1) is 21.4 Å². The molecule has 0 spiro atoms. The van der Waals surface area contributed by atoms with Crippen molar-refractivity contribution < 1.29 is 9.66 Å². The molecule has 1 saturated heterocycles. The second-order valence-corrected chi connectivity index (χ2v) is 5.10. The number of hydrogen-bond acceptors (Lipinski definition) is 5. The molecule has 0 aliphatic carbocycles. The first-order chi connectivity index (χ1) is 8.93. The van der Waals surface area contributed by atoms with E-state index in [1.54, 1.807) is 6.07 Å². The Morgan fingerprint density at radius 2 is 2.26 bits per heavy atom. The van der Waals surface area contributed by atoms with Crippen LogP contribution in [0.15, 0.2) is 18.2 Å². The van der Waals surface area contributed by atoms with Gasteiger partial charge in [0.2, 0.25) is 0 Å². The maximum atomic E-state index is 11.0. The zero-order valence-electron chi connectivity index (χ0n) is 10.9. The highest BCUT2D eigenvalue weighted by Gasteiger charge is 2.28. The van der Waals surface area contributed by atoms with E-state index >= 15 is 0 Å². The molecule has 100 valence electrons. The molecule has 1 aromatic carbocycles. The Bertz CT molecular complexity index is 549. The third kappa shape index (κ3) is 2.83. The van der Waals surface area contributed by atoms with Gasteiger partial charge in [-0.1, -0.05) is 0 Å². The molecule has 0 unspecified atom stereocenters. The van der Waals surface area contributed by atoms with Crippen molar-refractivity contribution in [2.75, 3.05) is 24.6 Å². The fourth-order valence-corrected chi connectivity index (χ4v) is 2.20. The van der Waals surface area contributed by atoms with Crippen LogP contribution in [0.1, 0.15) is 19.4 Å². The molecule has 6 heteroatoms. The van der Waals surface area contributed by atoms with Crippen LogP contribution in [0.4, 0.5) is 11.4 Å². The molecule has 1 fully saturated rings. The number of nitrogens with zero attached hydrogens (tertiary/aromatic N) is 3. The molecule has 0 aromatic heterocycles. The minimum atomic E-state index is -0.520. The predicted molar refractivity (Wildman–Crippen MR) is 70.1 cm³/mol. The molecule has 1 heterocycles. The SMILES string of the molecule is CC1(C)CN(c2ccc(C#N)c([N+](=O)[O-])c2)CCO1. The summed E-state index contributed by atoms with van der Waals surface area (Å²) in [5.41, 5.74) is 0.411. The third-order valence-electron chi connectivity index (χ3n) is 3.09. The molecule has 0 N–H and O–H groups in total. The molecule has 0 radical (unpaired) electrons. The molecule has 0 amide bonds. The van der Waals surface area contributed by atoms with Gasteiger partial charge in [-0.25, -0.2) is 0 Å². The van der Waals surface area contributed by atoms with Gasteiger partial charge in [-0.15, -0.1) is 0 Å². The lowest BCUT2D eigenvalue weighted by molar-refractivity contribution is -0.385. The zero-order valence-corrected chi connectivity index (χ0v) is 10.9. The normalized spacial score (nSPS) is 17.8. The Kier molecular flexibility index (Phi) is 3.40. The number of morpholine rings is 1. The number of ether oxygens (including phenoxy) is 1. The molecular formula is C13H15N3O3. The zero-order chi connectivity index (χ0) is 14.0. The van der Waals surface area contributed by atoms with E-state index in [4.69, 9.17) is 10.00 Å². The van der Waals surface area contributed by atoms with Crippen LogP contribution in [-0.2, 0) is 4.74 Å². The Labute approximate surface area is 111 Å². The van der Waals surface area contributed by atoms with E-state index in [1.807, 2.05) is 24.8 Å². The van der Waals surface area contributed by atoms with Crippen molar-refractivity contribution in [1.82, 2.24) is 0 Å². The fraction of sp³-hybridized carbons (Fsp3) is 0.462. The van der Waals surface area contributed by atoms with Crippen molar-refractivity contribution in [1.29, 1.82) is 5.26 Å². The van der Waals surface area contributed by atoms with Crippen molar-refractivity contribution in [3.63, 3.8) is 0 Å². The Morgan fingerprint density at radius 1 is 1.53 bits per heavy atom. The number of benzene rings is 1. The minimum Gasteiger partial charge on any atom is -0.372 e. The van der Waals surface area contributed by atoms with E-state index in [9.17, 15) is 10.1 Å². The molecule has 1 aromatic rings. The average molecular weight is 261 g/mol. The standard InChI is InChI=1S/C13H15N3O3/c1-13(2)9-15(5-6-19-13)11-4-3-10(8-14)12(7-11)16(17)18/h3-4,7H,5-6,9H2,1-2H3. The molecule has 1 aliphatic rings. The molecule has 6 nitrogen and oxygen atoms in total. The monoisotopic (exact) mass is 261 g/mol. The topological polar surface area (TPSA) is 79.4 Å². The van der Waals surface area contributed by atoms with Crippen molar-refractivity contribution >= 4 is 11.4 Å². The molecule has 0 bridgehead atoms. The fourth-order valence-electron chi connectivity index (χ4n) is 2.20. The van der Waals surface area contributed by atoms with Gasteiger partial charge in [0.05, 0.1) is 17.1 Å². The van der Waals surface area contributed by atoms with Gasteiger partial charge in [0, 0.05) is 24.8 Å². The summed E-state index contributed by atoms with van der Waals surface area (Å²) in [4.78, 5) is 12.5. The van der Waals surface area contributed by atoms with E-state index in [1.165, 1.54) is 12.1 Å². The first kappa shape index (κ1) is 13.3. The first-order valence-corrected chi connectivity index (χ1v) is 6.00. The number of anilines is 1. The van der Waals surface area contributed by atoms with E-state index in [2.05, 4.69) is 0 Å². The van der Waals surface area contributed by atoms with Gasteiger partial charge >= 0.3 is 0 Å². The van der Waals surface area contributed by atoms with E-state index in [0.717, 1.165) is 5.69 Å². The highest BCUT2D eigenvalue weighted by Crippen LogP contribution is 2.28. The van der Waals surface area contributed by atoms with Gasteiger partial charge in [-0.2, -0.15) is 5.26 Å². The molecule has 19 heavy (non-hydrogen) atoms. The highest BCUT2D eigenvalue weighted by atomic mass is 16.6. The largest absolute Gasteiger partial charge is 0.372 e. The smallest absolute Gasteiger partial charge is 0.289 e. The van der Waals surface area contributed by atoms with Crippen LogP contribution in [0.2, 0.25) is 0 Å². The van der Waals surface area contributed by atoms with Crippen molar-refractivity contribution in [2.24, 2.45) is 0 Å². The molecule has 1 aliphatic heterocycles. The van der Waals surface area contributed by atoms with Gasteiger partial charge in [0.25, 0.3) is 5.69 Å². The van der Waals surface area contributed by atoms with Crippen LogP contribution < -0.4 is 4.90 Å². The van der Waals surface area contributed by atoms with Gasteiger partial charge in [-0.3, -0.25) is 10.1 Å².